The maximum Gasteiger partial charge on any atom is 0.257 e. The summed E-state index contributed by atoms with van der Waals surface area (Å²) in [4.78, 5) is 13.5. The molecule has 0 aromatic heterocycles. The van der Waals surface area contributed by atoms with Crippen molar-refractivity contribution in [1.82, 2.24) is 4.90 Å². The molecule has 1 amide bonds. The molecule has 0 aliphatic rings. The Kier molecular flexibility index (Phi) is 5.26. The van der Waals surface area contributed by atoms with Gasteiger partial charge in [0.05, 0.1) is 11.7 Å². The molecule has 0 bridgehead atoms. The van der Waals surface area contributed by atoms with Crippen molar-refractivity contribution in [2.24, 2.45) is 0 Å². The van der Waals surface area contributed by atoms with Crippen molar-refractivity contribution in [3.63, 3.8) is 0 Å². The van der Waals surface area contributed by atoms with Crippen molar-refractivity contribution in [1.29, 1.82) is 0 Å². The van der Waals surface area contributed by atoms with Crippen LogP contribution in [0.15, 0.2) is 12.1 Å². The van der Waals surface area contributed by atoms with Crippen LogP contribution in [0.4, 0.5) is 8.78 Å². The van der Waals surface area contributed by atoms with E-state index in [1.807, 2.05) is 0 Å². The second-order valence-electron chi connectivity index (χ2n) is 4.62. The van der Waals surface area contributed by atoms with Gasteiger partial charge in [0.25, 0.3) is 5.91 Å². The first kappa shape index (κ1) is 15.9. The number of hydrogen-bond donors (Lipinski definition) is 1. The maximum absolute atomic E-state index is 13.8. The molecule has 1 aromatic rings. The van der Waals surface area contributed by atoms with Gasteiger partial charge in [-0.3, -0.25) is 4.79 Å². The summed E-state index contributed by atoms with van der Waals surface area (Å²) in [6.45, 7) is 5.06. The van der Waals surface area contributed by atoms with E-state index in [1.165, 1.54) is 11.8 Å². The molecule has 3 nitrogen and oxygen atoms in total. The number of amides is 1. The Bertz CT molecular complexity index is 478. The normalized spacial score (nSPS) is 12.6. The van der Waals surface area contributed by atoms with Gasteiger partial charge in [0, 0.05) is 12.6 Å². The molecule has 0 saturated heterocycles. The van der Waals surface area contributed by atoms with Gasteiger partial charge in [0.15, 0.2) is 5.82 Å². The third-order valence-corrected chi connectivity index (χ3v) is 2.96. The number of carbonyl (C=O) groups is 1. The van der Waals surface area contributed by atoms with Gasteiger partial charge in [-0.2, -0.15) is 0 Å². The zero-order valence-electron chi connectivity index (χ0n) is 11.0. The van der Waals surface area contributed by atoms with Crippen molar-refractivity contribution >= 4 is 17.5 Å². The fourth-order valence-electron chi connectivity index (χ4n) is 1.66. The van der Waals surface area contributed by atoms with Crippen LogP contribution in [0.5, 0.6) is 0 Å². The lowest BCUT2D eigenvalue weighted by molar-refractivity contribution is 0.0574. The Morgan fingerprint density at radius 2 is 1.95 bits per heavy atom. The lowest BCUT2D eigenvalue weighted by atomic mass is 10.1. The second kappa shape index (κ2) is 6.30. The fraction of sp³-hybridized carbons (Fsp3) is 0.462. The third-order valence-electron chi connectivity index (χ3n) is 2.61. The van der Waals surface area contributed by atoms with Gasteiger partial charge in [-0.15, -0.1) is 0 Å². The van der Waals surface area contributed by atoms with Gasteiger partial charge in [0.2, 0.25) is 0 Å². The molecule has 0 aliphatic carbocycles. The number of rotatable bonds is 4. The number of aliphatic hydroxyl groups is 1. The maximum atomic E-state index is 13.8. The van der Waals surface area contributed by atoms with Gasteiger partial charge < -0.3 is 10.0 Å². The summed E-state index contributed by atoms with van der Waals surface area (Å²) >= 11 is 5.45. The van der Waals surface area contributed by atoms with Crippen LogP contribution in [-0.4, -0.2) is 34.6 Å². The lowest BCUT2D eigenvalue weighted by Gasteiger charge is -2.28. The minimum absolute atomic E-state index is 0.0605. The van der Waals surface area contributed by atoms with E-state index in [1.54, 1.807) is 13.8 Å². The first-order valence-electron chi connectivity index (χ1n) is 5.88. The Hall–Kier alpha value is -1.20. The molecule has 0 heterocycles. The SMILES string of the molecule is CC(C)N(C[C@H](C)O)C(=O)c1ccc(F)c(Cl)c1F. The largest absolute Gasteiger partial charge is 0.392 e. The number of hydrogen-bond acceptors (Lipinski definition) is 2. The number of carbonyl (C=O) groups excluding carboxylic acids is 1. The van der Waals surface area contributed by atoms with Crippen LogP contribution in [0.3, 0.4) is 0 Å². The van der Waals surface area contributed by atoms with Gasteiger partial charge in [-0.25, -0.2) is 8.78 Å². The number of aliphatic hydroxyl groups excluding tert-OH is 1. The summed E-state index contributed by atoms with van der Waals surface area (Å²) in [6, 6.07) is 1.76. The predicted molar refractivity (Wildman–Crippen MR) is 69.2 cm³/mol. The molecule has 1 aromatic carbocycles. The number of benzene rings is 1. The minimum atomic E-state index is -1.08. The van der Waals surface area contributed by atoms with Gasteiger partial charge in [0.1, 0.15) is 10.8 Å². The van der Waals surface area contributed by atoms with Crippen LogP contribution in [0, 0.1) is 11.6 Å². The molecule has 106 valence electrons. The third kappa shape index (κ3) is 3.64. The Morgan fingerprint density at radius 1 is 1.37 bits per heavy atom. The topological polar surface area (TPSA) is 40.5 Å². The van der Waals surface area contributed by atoms with E-state index in [0.717, 1.165) is 12.1 Å². The average molecular weight is 292 g/mol. The number of halogens is 3. The monoisotopic (exact) mass is 291 g/mol. The van der Waals surface area contributed by atoms with E-state index in [4.69, 9.17) is 11.6 Å². The van der Waals surface area contributed by atoms with E-state index < -0.39 is 28.7 Å². The first-order valence-corrected chi connectivity index (χ1v) is 6.26. The molecule has 1 atom stereocenters. The van der Waals surface area contributed by atoms with Crippen molar-refractivity contribution in [3.05, 3.63) is 34.4 Å². The van der Waals surface area contributed by atoms with Gasteiger partial charge >= 0.3 is 0 Å². The van der Waals surface area contributed by atoms with Crippen molar-refractivity contribution in [2.75, 3.05) is 6.54 Å². The summed E-state index contributed by atoms with van der Waals surface area (Å²) in [6.07, 6.45) is -0.745. The van der Waals surface area contributed by atoms with E-state index in [-0.39, 0.29) is 18.2 Å². The molecule has 1 rings (SSSR count). The lowest BCUT2D eigenvalue weighted by Crippen LogP contribution is -2.41. The van der Waals surface area contributed by atoms with Crippen LogP contribution in [-0.2, 0) is 0 Å². The fourth-order valence-corrected chi connectivity index (χ4v) is 1.82. The van der Waals surface area contributed by atoms with Crippen LogP contribution < -0.4 is 0 Å². The minimum Gasteiger partial charge on any atom is -0.392 e. The summed E-state index contributed by atoms with van der Waals surface area (Å²) in [5.74, 6) is -2.62. The molecular weight excluding hydrogens is 276 g/mol. The van der Waals surface area contributed by atoms with Crippen molar-refractivity contribution < 1.29 is 18.7 Å². The Labute approximate surface area is 115 Å². The smallest absolute Gasteiger partial charge is 0.257 e. The zero-order chi connectivity index (χ0) is 14.7. The highest BCUT2D eigenvalue weighted by atomic mass is 35.5. The summed E-state index contributed by atoms with van der Waals surface area (Å²) < 4.78 is 26.8. The average Bonchev–Trinajstić information content (AvgIpc) is 2.32. The van der Waals surface area contributed by atoms with E-state index in [2.05, 4.69) is 0 Å². The first-order chi connectivity index (χ1) is 8.75. The highest BCUT2D eigenvalue weighted by Gasteiger charge is 2.25. The molecule has 0 radical (unpaired) electrons. The van der Waals surface area contributed by atoms with Crippen molar-refractivity contribution in [3.8, 4) is 0 Å². The molecule has 19 heavy (non-hydrogen) atoms. The van der Waals surface area contributed by atoms with E-state index in [9.17, 15) is 18.7 Å². The Morgan fingerprint density at radius 3 is 2.42 bits per heavy atom. The molecule has 0 fully saturated rings. The van der Waals surface area contributed by atoms with Crippen LogP contribution in [0.25, 0.3) is 0 Å². The molecule has 6 heteroatoms. The Balaban J connectivity index is 3.14. The zero-order valence-corrected chi connectivity index (χ0v) is 11.7. The highest BCUT2D eigenvalue weighted by molar-refractivity contribution is 6.31. The van der Waals surface area contributed by atoms with E-state index >= 15 is 0 Å². The molecule has 0 aliphatic heterocycles. The van der Waals surface area contributed by atoms with Gasteiger partial charge in [-0.1, -0.05) is 11.6 Å². The second-order valence-corrected chi connectivity index (χ2v) is 5.00. The van der Waals surface area contributed by atoms with Crippen molar-refractivity contribution in [2.45, 2.75) is 32.9 Å². The summed E-state index contributed by atoms with van der Waals surface area (Å²) in [7, 11) is 0. The predicted octanol–water partition coefficient (Wildman–Crippen LogP) is 2.85. The van der Waals surface area contributed by atoms with E-state index in [0.29, 0.717) is 0 Å². The standard InChI is InChI=1S/C13H16ClF2NO2/c1-7(2)17(6-8(3)18)13(19)9-4-5-10(15)11(14)12(9)16/h4-5,7-8,18H,6H2,1-3H3/t8-/m0/s1. The molecular formula is C13H16ClF2NO2. The quantitative estimate of drug-likeness (QED) is 0.867. The van der Waals surface area contributed by atoms with Crippen LogP contribution in [0.2, 0.25) is 5.02 Å². The number of nitrogens with zero attached hydrogens (tertiary/aromatic N) is 1. The molecule has 0 unspecified atom stereocenters. The molecule has 0 saturated carbocycles. The van der Waals surface area contributed by atoms with Crippen LogP contribution >= 0.6 is 11.6 Å². The van der Waals surface area contributed by atoms with Gasteiger partial charge in [-0.05, 0) is 32.9 Å². The van der Waals surface area contributed by atoms with Crippen LogP contribution in [0.1, 0.15) is 31.1 Å². The molecule has 1 N–H and O–H groups in total. The summed E-state index contributed by atoms with van der Waals surface area (Å²) in [5, 5.41) is 8.66. The highest BCUT2D eigenvalue weighted by Crippen LogP contribution is 2.23. The summed E-state index contributed by atoms with van der Waals surface area (Å²) in [5.41, 5.74) is -0.305. The molecule has 0 spiro atoms.